The first-order chi connectivity index (χ1) is 7.86. The summed E-state index contributed by atoms with van der Waals surface area (Å²) in [6.45, 7) is 0.825. The van der Waals surface area contributed by atoms with Gasteiger partial charge in [-0.15, -0.1) is 11.8 Å². The molecule has 90 valence electrons. The van der Waals surface area contributed by atoms with Crippen molar-refractivity contribution in [2.24, 2.45) is 0 Å². The average Bonchev–Trinajstić information content (AvgIpc) is 2.34. The van der Waals surface area contributed by atoms with Crippen LogP contribution >= 0.6 is 24.4 Å². The van der Waals surface area contributed by atoms with Gasteiger partial charge in [-0.25, -0.2) is 0 Å². The molecule has 1 aromatic rings. The molecule has 0 aliphatic rings. The third kappa shape index (κ3) is 5.71. The maximum Gasteiger partial charge on any atom is 0.119 e. The Bertz CT molecular complexity index is 272. The number of hydrogen-bond donors (Lipinski definition) is 1. The Kier molecular flexibility index (Phi) is 7.60. The van der Waals surface area contributed by atoms with Crippen molar-refractivity contribution in [2.75, 3.05) is 18.6 Å². The third-order valence-electron chi connectivity index (χ3n) is 2.38. The molecule has 0 heterocycles. The molecule has 0 saturated heterocycles. The molecular formula is C13H20OS2. The number of hydrogen-bond acceptors (Lipinski definition) is 3. The number of thioether (sulfide) groups is 1. The van der Waals surface area contributed by atoms with Gasteiger partial charge in [0.15, 0.2) is 0 Å². The van der Waals surface area contributed by atoms with E-state index < -0.39 is 0 Å². The van der Waals surface area contributed by atoms with Crippen LogP contribution in [0.25, 0.3) is 0 Å². The highest BCUT2D eigenvalue weighted by molar-refractivity contribution is 7.98. The lowest BCUT2D eigenvalue weighted by atomic mass is 10.2. The maximum atomic E-state index is 5.66. The van der Waals surface area contributed by atoms with Crippen LogP contribution in [0.4, 0.5) is 0 Å². The molecule has 0 aromatic heterocycles. The average molecular weight is 256 g/mol. The minimum absolute atomic E-state index is 0.825. The normalized spacial score (nSPS) is 10.4. The fraction of sp³-hybridized carbons (Fsp3) is 0.538. The summed E-state index contributed by atoms with van der Waals surface area (Å²) < 4.78 is 5.66. The molecule has 0 radical (unpaired) electrons. The molecule has 0 spiro atoms. The lowest BCUT2D eigenvalue weighted by molar-refractivity contribution is 0.305. The fourth-order valence-electron chi connectivity index (χ4n) is 1.43. The lowest BCUT2D eigenvalue weighted by Crippen LogP contribution is -1.97. The van der Waals surface area contributed by atoms with E-state index in [0.717, 1.165) is 24.5 Å². The summed E-state index contributed by atoms with van der Waals surface area (Å²) in [7, 11) is 0. The van der Waals surface area contributed by atoms with Gasteiger partial charge in [0.25, 0.3) is 0 Å². The molecule has 1 rings (SSSR count). The van der Waals surface area contributed by atoms with Gasteiger partial charge in [0.05, 0.1) is 6.61 Å². The van der Waals surface area contributed by atoms with Crippen molar-refractivity contribution < 1.29 is 4.74 Å². The van der Waals surface area contributed by atoms with Gasteiger partial charge in [0, 0.05) is 4.90 Å². The summed E-state index contributed by atoms with van der Waals surface area (Å²) in [6.07, 6.45) is 6.93. The Morgan fingerprint density at radius 2 is 1.75 bits per heavy atom. The largest absolute Gasteiger partial charge is 0.494 e. The zero-order chi connectivity index (χ0) is 11.6. The molecule has 0 aliphatic carbocycles. The maximum absolute atomic E-state index is 5.66. The summed E-state index contributed by atoms with van der Waals surface area (Å²) in [5, 5.41) is 0. The number of rotatable bonds is 8. The van der Waals surface area contributed by atoms with E-state index in [-0.39, 0.29) is 0 Å². The molecular weight excluding hydrogens is 236 g/mol. The van der Waals surface area contributed by atoms with Crippen molar-refractivity contribution in [1.82, 2.24) is 0 Å². The van der Waals surface area contributed by atoms with E-state index in [4.69, 9.17) is 4.74 Å². The van der Waals surface area contributed by atoms with E-state index in [1.165, 1.54) is 24.2 Å². The Balaban J connectivity index is 2.12. The molecule has 0 saturated carbocycles. The molecule has 0 aliphatic heterocycles. The van der Waals surface area contributed by atoms with Gasteiger partial charge in [-0.3, -0.25) is 0 Å². The van der Waals surface area contributed by atoms with E-state index in [0.29, 0.717) is 0 Å². The summed E-state index contributed by atoms with van der Waals surface area (Å²) in [5.41, 5.74) is 0. The van der Waals surface area contributed by atoms with Crippen LogP contribution in [0.5, 0.6) is 5.75 Å². The van der Waals surface area contributed by atoms with E-state index >= 15 is 0 Å². The second-order valence-electron chi connectivity index (χ2n) is 3.66. The predicted molar refractivity (Wildman–Crippen MR) is 76.0 cm³/mol. The Hall–Kier alpha value is -0.280. The first kappa shape index (κ1) is 13.8. The zero-order valence-corrected chi connectivity index (χ0v) is 11.5. The Labute approximate surface area is 108 Å². The molecule has 16 heavy (non-hydrogen) atoms. The van der Waals surface area contributed by atoms with E-state index in [1.54, 1.807) is 11.8 Å². The first-order valence-electron chi connectivity index (χ1n) is 5.74. The summed E-state index contributed by atoms with van der Waals surface area (Å²) >= 11 is 5.94. The van der Waals surface area contributed by atoms with Crippen molar-refractivity contribution in [2.45, 2.75) is 30.6 Å². The highest BCUT2D eigenvalue weighted by Crippen LogP contribution is 2.19. The highest BCUT2D eigenvalue weighted by Gasteiger charge is 1.94. The Morgan fingerprint density at radius 3 is 2.38 bits per heavy atom. The molecule has 3 heteroatoms. The van der Waals surface area contributed by atoms with Gasteiger partial charge >= 0.3 is 0 Å². The van der Waals surface area contributed by atoms with Crippen LogP contribution in [0, 0.1) is 0 Å². The van der Waals surface area contributed by atoms with Crippen LogP contribution in [0.2, 0.25) is 0 Å². The summed E-state index contributed by atoms with van der Waals surface area (Å²) in [6, 6.07) is 8.28. The lowest BCUT2D eigenvalue weighted by Gasteiger charge is -2.06. The van der Waals surface area contributed by atoms with Crippen LogP contribution < -0.4 is 4.74 Å². The second-order valence-corrected chi connectivity index (χ2v) is 4.99. The van der Waals surface area contributed by atoms with Gasteiger partial charge in [-0.05, 0) is 49.1 Å². The van der Waals surface area contributed by atoms with Crippen molar-refractivity contribution >= 4 is 24.4 Å². The molecule has 0 bridgehead atoms. The van der Waals surface area contributed by atoms with Gasteiger partial charge in [-0.1, -0.05) is 12.8 Å². The van der Waals surface area contributed by atoms with Gasteiger partial charge in [-0.2, -0.15) is 12.6 Å². The molecule has 1 nitrogen and oxygen atoms in total. The van der Waals surface area contributed by atoms with Crippen molar-refractivity contribution in [3.8, 4) is 5.75 Å². The third-order valence-corrected chi connectivity index (χ3v) is 3.44. The van der Waals surface area contributed by atoms with Crippen molar-refractivity contribution in [3.63, 3.8) is 0 Å². The molecule has 0 atom stereocenters. The first-order valence-corrected chi connectivity index (χ1v) is 7.60. The minimum Gasteiger partial charge on any atom is -0.494 e. The van der Waals surface area contributed by atoms with Crippen LogP contribution in [0.1, 0.15) is 25.7 Å². The van der Waals surface area contributed by atoms with Crippen LogP contribution in [-0.4, -0.2) is 18.6 Å². The van der Waals surface area contributed by atoms with Crippen LogP contribution in [0.15, 0.2) is 29.2 Å². The molecule has 0 amide bonds. The van der Waals surface area contributed by atoms with E-state index in [9.17, 15) is 0 Å². The highest BCUT2D eigenvalue weighted by atomic mass is 32.2. The van der Waals surface area contributed by atoms with Gasteiger partial charge < -0.3 is 4.74 Å². The van der Waals surface area contributed by atoms with Gasteiger partial charge in [0.2, 0.25) is 0 Å². The molecule has 1 aromatic carbocycles. The van der Waals surface area contributed by atoms with E-state index in [1.807, 2.05) is 12.1 Å². The number of thiol groups is 1. The smallest absolute Gasteiger partial charge is 0.119 e. The zero-order valence-electron chi connectivity index (χ0n) is 9.82. The predicted octanol–water partition coefficient (Wildman–Crippen LogP) is 4.28. The van der Waals surface area contributed by atoms with Gasteiger partial charge in [0.1, 0.15) is 5.75 Å². The van der Waals surface area contributed by atoms with Crippen molar-refractivity contribution in [3.05, 3.63) is 24.3 Å². The number of unbranched alkanes of at least 4 members (excludes halogenated alkanes) is 3. The molecule has 0 unspecified atom stereocenters. The Morgan fingerprint density at radius 1 is 1.06 bits per heavy atom. The fourth-order valence-corrected chi connectivity index (χ4v) is 2.06. The topological polar surface area (TPSA) is 9.23 Å². The standard InChI is InChI=1S/C13H20OS2/c1-16-13-8-6-12(7-9-13)14-10-4-2-3-5-11-15/h6-9,15H,2-5,10-11H2,1H3. The summed E-state index contributed by atoms with van der Waals surface area (Å²) in [4.78, 5) is 1.28. The molecule has 0 N–H and O–H groups in total. The molecule has 0 fully saturated rings. The van der Waals surface area contributed by atoms with Crippen molar-refractivity contribution in [1.29, 1.82) is 0 Å². The second kappa shape index (κ2) is 8.82. The number of ether oxygens (including phenoxy) is 1. The SMILES string of the molecule is CSc1ccc(OCCCCCCS)cc1. The number of benzene rings is 1. The van der Waals surface area contributed by atoms with E-state index in [2.05, 4.69) is 31.0 Å². The van der Waals surface area contributed by atoms with Crippen LogP contribution in [0.3, 0.4) is 0 Å². The monoisotopic (exact) mass is 256 g/mol. The minimum atomic E-state index is 0.825. The van der Waals surface area contributed by atoms with Crippen LogP contribution in [-0.2, 0) is 0 Å². The summed E-state index contributed by atoms with van der Waals surface area (Å²) in [5.74, 6) is 1.98. The quantitative estimate of drug-likeness (QED) is 0.422.